The Hall–Kier alpha value is -2.66. The van der Waals surface area contributed by atoms with Crippen molar-refractivity contribution in [3.63, 3.8) is 0 Å². The van der Waals surface area contributed by atoms with Crippen LogP contribution in [0.3, 0.4) is 0 Å². The average Bonchev–Trinajstić information content (AvgIpc) is 3.12. The molecule has 1 aromatic carbocycles. The Kier molecular flexibility index (Phi) is 5.89. The Bertz CT molecular complexity index is 1050. The minimum atomic E-state index is -0.613. The van der Waals surface area contributed by atoms with Crippen molar-refractivity contribution in [3.8, 4) is 0 Å². The number of hydrogen-bond acceptors (Lipinski definition) is 5. The number of nitrogens with one attached hydrogen (secondary N) is 1. The van der Waals surface area contributed by atoms with Crippen molar-refractivity contribution in [1.29, 1.82) is 0 Å². The number of aryl methyl sites for hydroxylation is 1. The van der Waals surface area contributed by atoms with E-state index in [-0.39, 0.29) is 23.1 Å². The van der Waals surface area contributed by atoms with Crippen molar-refractivity contribution in [1.82, 2.24) is 5.32 Å². The number of rotatable bonds is 5. The van der Waals surface area contributed by atoms with E-state index in [4.69, 9.17) is 4.74 Å². The zero-order valence-corrected chi connectivity index (χ0v) is 19.2. The van der Waals surface area contributed by atoms with Crippen molar-refractivity contribution in [2.24, 2.45) is 11.3 Å². The number of carbonyl (C=O) groups is 2. The van der Waals surface area contributed by atoms with Crippen LogP contribution in [0.4, 0.5) is 0 Å². The molecule has 1 aromatic heterocycles. The fourth-order valence-electron chi connectivity index (χ4n) is 4.66. The Morgan fingerprint density at radius 2 is 1.94 bits per heavy atom. The lowest BCUT2D eigenvalue weighted by molar-refractivity contribution is -0.147. The first-order valence-electron chi connectivity index (χ1n) is 10.7. The van der Waals surface area contributed by atoms with Gasteiger partial charge < -0.3 is 10.1 Å². The minimum absolute atomic E-state index is 0.109. The Morgan fingerprint density at radius 1 is 1.19 bits per heavy atom. The maximum Gasteiger partial charge on any atom is 0.315 e. The van der Waals surface area contributed by atoms with Crippen LogP contribution in [-0.2, 0) is 20.7 Å². The van der Waals surface area contributed by atoms with Gasteiger partial charge >= 0.3 is 5.97 Å². The first-order valence-corrected chi connectivity index (χ1v) is 11.6. The number of ether oxygens (including phenoxy) is 1. The van der Waals surface area contributed by atoms with Gasteiger partial charge in [0.15, 0.2) is 5.78 Å². The first-order chi connectivity index (χ1) is 14.7. The summed E-state index contributed by atoms with van der Waals surface area (Å²) in [6.45, 7) is 10.7. The highest BCUT2D eigenvalue weighted by molar-refractivity contribution is 7.12. The van der Waals surface area contributed by atoms with Gasteiger partial charge in [-0.3, -0.25) is 9.59 Å². The van der Waals surface area contributed by atoms with Crippen LogP contribution in [-0.4, -0.2) is 18.4 Å². The zero-order chi connectivity index (χ0) is 22.2. The molecule has 1 aliphatic heterocycles. The summed E-state index contributed by atoms with van der Waals surface area (Å²) in [5.74, 6) is -1.16. The van der Waals surface area contributed by atoms with Gasteiger partial charge in [0, 0.05) is 45.5 Å². The Morgan fingerprint density at radius 3 is 2.61 bits per heavy atom. The predicted molar refractivity (Wildman–Crippen MR) is 124 cm³/mol. The molecule has 2 aromatic rings. The molecule has 2 aliphatic rings. The van der Waals surface area contributed by atoms with E-state index in [0.29, 0.717) is 25.1 Å². The van der Waals surface area contributed by atoms with Gasteiger partial charge in [-0.15, -0.1) is 11.3 Å². The van der Waals surface area contributed by atoms with Crippen molar-refractivity contribution >= 4 is 23.1 Å². The van der Waals surface area contributed by atoms with E-state index in [9.17, 15) is 9.59 Å². The summed E-state index contributed by atoms with van der Waals surface area (Å²) in [5.41, 5.74) is 3.28. The molecule has 0 saturated carbocycles. The first kappa shape index (κ1) is 21.6. The molecular weight excluding hydrogens is 406 g/mol. The number of carbonyl (C=O) groups excluding carboxylic acids is 2. The monoisotopic (exact) mass is 435 g/mol. The SMILES string of the molecule is C=C1NC2=C(C(=O)CC(C)(C)C2)C(c2ccc(C)s2)C1C(=O)OCCc1ccccc1. The van der Waals surface area contributed by atoms with E-state index < -0.39 is 5.92 Å². The van der Waals surface area contributed by atoms with Crippen LogP contribution < -0.4 is 5.32 Å². The van der Waals surface area contributed by atoms with E-state index in [1.165, 1.54) is 0 Å². The average molecular weight is 436 g/mol. The molecule has 31 heavy (non-hydrogen) atoms. The highest BCUT2D eigenvalue weighted by Crippen LogP contribution is 2.49. The lowest BCUT2D eigenvalue weighted by Gasteiger charge is -2.41. The number of benzene rings is 1. The number of ketones is 1. The van der Waals surface area contributed by atoms with Crippen LogP contribution in [0.25, 0.3) is 0 Å². The summed E-state index contributed by atoms with van der Waals surface area (Å²) in [6.07, 6.45) is 1.91. The van der Waals surface area contributed by atoms with Crippen LogP contribution in [0.2, 0.25) is 0 Å². The summed E-state index contributed by atoms with van der Waals surface area (Å²) in [6, 6.07) is 14.0. The normalized spacial score (nSPS) is 22.7. The molecule has 0 radical (unpaired) electrons. The molecule has 0 spiro atoms. The van der Waals surface area contributed by atoms with Gasteiger partial charge in [-0.05, 0) is 36.5 Å². The summed E-state index contributed by atoms with van der Waals surface area (Å²) in [5, 5.41) is 3.32. The molecule has 4 nitrogen and oxygen atoms in total. The molecule has 0 saturated heterocycles. The second kappa shape index (κ2) is 8.46. The summed E-state index contributed by atoms with van der Waals surface area (Å²) >= 11 is 1.63. The fraction of sp³-hybridized carbons (Fsp3) is 0.385. The lowest BCUT2D eigenvalue weighted by Crippen LogP contribution is -2.43. The molecule has 4 rings (SSSR count). The van der Waals surface area contributed by atoms with E-state index in [1.807, 2.05) is 49.4 Å². The lowest BCUT2D eigenvalue weighted by atomic mass is 9.68. The Balaban J connectivity index is 1.63. The molecule has 1 N–H and O–H groups in total. The number of esters is 1. The fourth-order valence-corrected chi connectivity index (χ4v) is 5.68. The minimum Gasteiger partial charge on any atom is -0.465 e. The van der Waals surface area contributed by atoms with Crippen LogP contribution in [0.5, 0.6) is 0 Å². The molecule has 0 bridgehead atoms. The van der Waals surface area contributed by atoms with E-state index in [1.54, 1.807) is 11.3 Å². The molecule has 5 heteroatoms. The van der Waals surface area contributed by atoms with Gasteiger partial charge in [0.25, 0.3) is 0 Å². The second-order valence-electron chi connectivity index (χ2n) is 9.29. The quantitative estimate of drug-likeness (QED) is 0.648. The van der Waals surface area contributed by atoms with Gasteiger partial charge in [-0.2, -0.15) is 0 Å². The van der Waals surface area contributed by atoms with Crippen LogP contribution in [0, 0.1) is 18.3 Å². The van der Waals surface area contributed by atoms with E-state index >= 15 is 0 Å². The number of hydrogen-bond donors (Lipinski definition) is 1. The highest BCUT2D eigenvalue weighted by atomic mass is 32.1. The summed E-state index contributed by atoms with van der Waals surface area (Å²) < 4.78 is 5.70. The molecule has 2 heterocycles. The smallest absolute Gasteiger partial charge is 0.315 e. The van der Waals surface area contributed by atoms with Gasteiger partial charge in [0.2, 0.25) is 0 Å². The summed E-state index contributed by atoms with van der Waals surface area (Å²) in [7, 11) is 0. The van der Waals surface area contributed by atoms with Crippen molar-refractivity contribution < 1.29 is 14.3 Å². The molecule has 0 amide bonds. The topological polar surface area (TPSA) is 55.4 Å². The highest BCUT2D eigenvalue weighted by Gasteiger charge is 2.47. The van der Waals surface area contributed by atoms with Crippen molar-refractivity contribution in [3.05, 3.63) is 81.3 Å². The van der Waals surface area contributed by atoms with Gasteiger partial charge in [-0.1, -0.05) is 50.8 Å². The van der Waals surface area contributed by atoms with Gasteiger partial charge in [0.05, 0.1) is 6.61 Å². The number of thiophene rings is 1. The third-order valence-corrected chi connectivity index (χ3v) is 7.13. The second-order valence-corrected chi connectivity index (χ2v) is 10.6. The maximum atomic E-state index is 13.2. The summed E-state index contributed by atoms with van der Waals surface area (Å²) in [4.78, 5) is 28.7. The predicted octanol–water partition coefficient (Wildman–Crippen LogP) is 5.30. The van der Waals surface area contributed by atoms with Crippen LogP contribution in [0.15, 0.2) is 66.0 Å². The Labute approximate surface area is 188 Å². The van der Waals surface area contributed by atoms with E-state index in [2.05, 4.69) is 25.7 Å². The van der Waals surface area contributed by atoms with Crippen molar-refractivity contribution in [2.75, 3.05) is 6.61 Å². The standard InChI is InChI=1S/C26H29NO3S/c1-16-10-11-21(31-16)24-22(25(29)30-13-12-18-8-6-5-7-9-18)17(2)27-19-14-26(3,4)15-20(28)23(19)24/h5-11,22,24,27H,2,12-15H2,1,3-4H3. The molecular formula is C26H29NO3S. The van der Waals surface area contributed by atoms with Gasteiger partial charge in [-0.25, -0.2) is 0 Å². The molecule has 162 valence electrons. The van der Waals surface area contributed by atoms with E-state index in [0.717, 1.165) is 33.0 Å². The third-order valence-electron chi connectivity index (χ3n) is 6.05. The largest absolute Gasteiger partial charge is 0.465 e. The third kappa shape index (κ3) is 4.52. The molecule has 2 atom stereocenters. The van der Waals surface area contributed by atoms with Gasteiger partial charge in [0.1, 0.15) is 5.92 Å². The molecule has 2 unspecified atom stereocenters. The number of allylic oxidation sites excluding steroid dienone is 2. The van der Waals surface area contributed by atoms with Crippen molar-refractivity contribution in [2.45, 2.75) is 46.0 Å². The maximum absolute atomic E-state index is 13.2. The zero-order valence-electron chi connectivity index (χ0n) is 18.4. The molecule has 0 fully saturated rings. The van der Waals surface area contributed by atoms with Crippen LogP contribution >= 0.6 is 11.3 Å². The number of Topliss-reactive ketones (excluding diaryl/α,β-unsaturated/α-hetero) is 1. The van der Waals surface area contributed by atoms with Crippen LogP contribution in [0.1, 0.15) is 47.9 Å². The molecule has 1 aliphatic carbocycles.